The van der Waals surface area contributed by atoms with Crippen molar-refractivity contribution in [1.29, 1.82) is 0 Å². The van der Waals surface area contributed by atoms with E-state index in [0.717, 1.165) is 45.3 Å². The minimum Gasteiger partial charge on any atom is -0.361 e. The number of hydrogen-bond donors (Lipinski definition) is 2. The molecule has 1 aromatic heterocycles. The predicted molar refractivity (Wildman–Crippen MR) is 129 cm³/mol. The van der Waals surface area contributed by atoms with Crippen LogP contribution in [0.25, 0.3) is 10.9 Å². The average Bonchev–Trinajstić information content (AvgIpc) is 3.14. The summed E-state index contributed by atoms with van der Waals surface area (Å²) >= 11 is 0. The van der Waals surface area contributed by atoms with E-state index in [-0.39, 0.29) is 17.9 Å². The lowest BCUT2D eigenvalue weighted by molar-refractivity contribution is -0.122. The molecule has 168 valence electrons. The van der Waals surface area contributed by atoms with E-state index in [1.165, 1.54) is 22.0 Å². The number of para-hydroxylation sites is 1. The molecule has 0 fully saturated rings. The van der Waals surface area contributed by atoms with Gasteiger partial charge in [0.2, 0.25) is 5.91 Å². The fourth-order valence-electron chi connectivity index (χ4n) is 4.55. The molecule has 30 heavy (non-hydrogen) atoms. The summed E-state index contributed by atoms with van der Waals surface area (Å²) < 4.78 is 0. The number of aromatic amines is 1. The Hall–Kier alpha value is -1.81. The summed E-state index contributed by atoms with van der Waals surface area (Å²) in [5, 5.41) is 4.54. The number of aromatic nitrogens is 1. The molecule has 0 unspecified atom stereocenters. The van der Waals surface area contributed by atoms with E-state index in [1.807, 2.05) is 0 Å². The van der Waals surface area contributed by atoms with Gasteiger partial charge in [-0.15, -0.1) is 0 Å². The first kappa shape index (κ1) is 24.5. The van der Waals surface area contributed by atoms with E-state index in [9.17, 15) is 4.79 Å². The predicted octanol–water partition coefficient (Wildman–Crippen LogP) is 5.88. The highest BCUT2D eigenvalue weighted by atomic mass is 16.1. The molecule has 0 aliphatic heterocycles. The molecule has 0 saturated carbocycles. The van der Waals surface area contributed by atoms with E-state index in [4.69, 9.17) is 0 Å². The van der Waals surface area contributed by atoms with E-state index in [1.54, 1.807) is 0 Å². The Labute approximate surface area is 183 Å². The summed E-state index contributed by atoms with van der Waals surface area (Å²) in [6.07, 6.45) is 6.88. The molecule has 0 spiro atoms. The maximum absolute atomic E-state index is 12.9. The monoisotopic (exact) mass is 413 g/mol. The molecule has 0 radical (unpaired) electrons. The van der Waals surface area contributed by atoms with Gasteiger partial charge in [-0.3, -0.25) is 4.79 Å². The third-order valence-corrected chi connectivity index (χ3v) is 6.26. The molecule has 1 heterocycles. The normalized spacial score (nSPS) is 13.9. The molecule has 4 heteroatoms. The quantitative estimate of drug-likeness (QED) is 0.431. The highest BCUT2D eigenvalue weighted by Gasteiger charge is 2.22. The smallest absolute Gasteiger partial charge is 0.220 e. The molecule has 1 amide bonds. The topological polar surface area (TPSA) is 48.1 Å². The van der Waals surface area contributed by atoms with Crippen LogP contribution in [0.2, 0.25) is 0 Å². The Bertz CT molecular complexity index is 776. The summed E-state index contributed by atoms with van der Waals surface area (Å²) in [6.45, 7) is 16.5. The second-order valence-electron chi connectivity index (χ2n) is 9.11. The van der Waals surface area contributed by atoms with Gasteiger partial charge in [0.25, 0.3) is 0 Å². The van der Waals surface area contributed by atoms with E-state index in [0.29, 0.717) is 12.3 Å². The SMILES string of the molecule is CCc1cccc2c([C@@H](CC(=O)N[C@@H](C)CCCN(CC)CC)CC(C)C)c[nH]c12. The zero-order valence-corrected chi connectivity index (χ0v) is 20.1. The Balaban J connectivity index is 2.02. The molecular weight excluding hydrogens is 370 g/mol. The maximum Gasteiger partial charge on any atom is 0.220 e. The molecule has 0 aliphatic carbocycles. The van der Waals surface area contributed by atoms with Gasteiger partial charge in [-0.25, -0.2) is 0 Å². The van der Waals surface area contributed by atoms with Crippen molar-refractivity contribution >= 4 is 16.8 Å². The van der Waals surface area contributed by atoms with Gasteiger partial charge < -0.3 is 15.2 Å². The van der Waals surface area contributed by atoms with Gasteiger partial charge in [0.1, 0.15) is 0 Å². The van der Waals surface area contributed by atoms with Gasteiger partial charge in [-0.2, -0.15) is 0 Å². The average molecular weight is 414 g/mol. The second kappa shape index (κ2) is 12.1. The summed E-state index contributed by atoms with van der Waals surface area (Å²) in [5.41, 5.74) is 3.86. The molecule has 0 saturated heterocycles. The van der Waals surface area contributed by atoms with Crippen molar-refractivity contribution in [2.24, 2.45) is 5.92 Å². The lowest BCUT2D eigenvalue weighted by Gasteiger charge is -2.22. The van der Waals surface area contributed by atoms with Gasteiger partial charge >= 0.3 is 0 Å². The number of H-pyrrole nitrogens is 1. The van der Waals surface area contributed by atoms with Gasteiger partial charge in [0, 0.05) is 29.6 Å². The molecule has 2 aromatic rings. The first-order valence-electron chi connectivity index (χ1n) is 12.0. The molecule has 0 bridgehead atoms. The van der Waals surface area contributed by atoms with E-state index in [2.05, 4.69) is 81.1 Å². The fourth-order valence-corrected chi connectivity index (χ4v) is 4.55. The van der Waals surface area contributed by atoms with E-state index >= 15 is 0 Å². The number of aryl methyl sites for hydroxylation is 1. The highest BCUT2D eigenvalue weighted by molar-refractivity contribution is 5.87. The molecule has 0 aliphatic rings. The number of benzene rings is 1. The number of carbonyl (C=O) groups is 1. The zero-order chi connectivity index (χ0) is 22.1. The van der Waals surface area contributed by atoms with Gasteiger partial charge in [-0.1, -0.05) is 52.8 Å². The molecular formula is C26H43N3O. The van der Waals surface area contributed by atoms with Crippen molar-refractivity contribution in [3.05, 3.63) is 35.5 Å². The highest BCUT2D eigenvalue weighted by Crippen LogP contribution is 2.34. The van der Waals surface area contributed by atoms with Crippen LogP contribution in [0.1, 0.15) is 84.3 Å². The summed E-state index contributed by atoms with van der Waals surface area (Å²) in [6, 6.07) is 6.75. The molecule has 2 rings (SSSR count). The van der Waals surface area contributed by atoms with Crippen LogP contribution < -0.4 is 5.32 Å². The largest absolute Gasteiger partial charge is 0.361 e. The van der Waals surface area contributed by atoms with Gasteiger partial charge in [-0.05, 0) is 75.2 Å². The van der Waals surface area contributed by atoms with Crippen molar-refractivity contribution < 1.29 is 4.79 Å². The Morgan fingerprint density at radius 3 is 2.50 bits per heavy atom. The number of amides is 1. The van der Waals surface area contributed by atoms with Crippen LogP contribution in [0.15, 0.2) is 24.4 Å². The van der Waals surface area contributed by atoms with Crippen LogP contribution in [0.5, 0.6) is 0 Å². The maximum atomic E-state index is 12.9. The molecule has 2 atom stereocenters. The number of nitrogens with one attached hydrogen (secondary N) is 2. The number of fused-ring (bicyclic) bond motifs is 1. The third kappa shape index (κ3) is 6.87. The minimum absolute atomic E-state index is 0.178. The second-order valence-corrected chi connectivity index (χ2v) is 9.11. The minimum atomic E-state index is 0.178. The van der Waals surface area contributed by atoms with Crippen LogP contribution in [0, 0.1) is 5.92 Å². The van der Waals surface area contributed by atoms with Crippen molar-refractivity contribution in [1.82, 2.24) is 15.2 Å². The van der Waals surface area contributed by atoms with Crippen LogP contribution in [-0.4, -0.2) is 41.5 Å². The van der Waals surface area contributed by atoms with Crippen molar-refractivity contribution in [2.45, 2.75) is 85.6 Å². The fraction of sp³-hybridized carbons (Fsp3) is 0.654. The zero-order valence-electron chi connectivity index (χ0n) is 20.1. The number of carbonyl (C=O) groups excluding carboxylic acids is 1. The Kier molecular flexibility index (Phi) is 9.90. The summed E-state index contributed by atoms with van der Waals surface area (Å²) in [5.74, 6) is 0.972. The van der Waals surface area contributed by atoms with Crippen LogP contribution >= 0.6 is 0 Å². The summed E-state index contributed by atoms with van der Waals surface area (Å²) in [7, 11) is 0. The standard InChI is InChI=1S/C26H43N3O/c1-7-21-13-10-14-23-24(18-27-26(21)23)22(16-19(4)5)17-25(30)28-20(6)12-11-15-29(8-2)9-3/h10,13-14,18-20,22,27H,7-9,11-12,15-17H2,1-6H3,(H,28,30)/t20-,22+/m0/s1. The van der Waals surface area contributed by atoms with E-state index < -0.39 is 0 Å². The Morgan fingerprint density at radius 2 is 1.87 bits per heavy atom. The molecule has 1 aromatic carbocycles. The lowest BCUT2D eigenvalue weighted by atomic mass is 9.87. The number of hydrogen-bond acceptors (Lipinski definition) is 2. The van der Waals surface area contributed by atoms with Crippen molar-refractivity contribution in [3.63, 3.8) is 0 Å². The van der Waals surface area contributed by atoms with Crippen molar-refractivity contribution in [2.75, 3.05) is 19.6 Å². The first-order chi connectivity index (χ1) is 14.4. The Morgan fingerprint density at radius 1 is 1.13 bits per heavy atom. The van der Waals surface area contributed by atoms with Gasteiger partial charge in [0.05, 0.1) is 0 Å². The van der Waals surface area contributed by atoms with Crippen LogP contribution in [-0.2, 0) is 11.2 Å². The van der Waals surface area contributed by atoms with Gasteiger partial charge in [0.15, 0.2) is 0 Å². The summed E-state index contributed by atoms with van der Waals surface area (Å²) in [4.78, 5) is 18.8. The molecule has 4 nitrogen and oxygen atoms in total. The number of rotatable bonds is 13. The third-order valence-electron chi connectivity index (χ3n) is 6.26. The molecule has 2 N–H and O–H groups in total. The first-order valence-corrected chi connectivity index (χ1v) is 12.0. The lowest BCUT2D eigenvalue weighted by Crippen LogP contribution is -2.34. The van der Waals surface area contributed by atoms with Crippen LogP contribution in [0.3, 0.4) is 0 Å². The van der Waals surface area contributed by atoms with Crippen LogP contribution in [0.4, 0.5) is 0 Å². The number of nitrogens with zero attached hydrogens (tertiary/aromatic N) is 1. The van der Waals surface area contributed by atoms with Crippen molar-refractivity contribution in [3.8, 4) is 0 Å².